The van der Waals surface area contributed by atoms with Crippen LogP contribution in [0.3, 0.4) is 0 Å². The molecular formula is C16H25N3O. The van der Waals surface area contributed by atoms with Crippen molar-refractivity contribution < 1.29 is 4.79 Å². The molecule has 0 bridgehead atoms. The molecule has 0 aromatic heterocycles. The Morgan fingerprint density at radius 2 is 2.15 bits per heavy atom. The number of hydrogen-bond acceptors (Lipinski definition) is 3. The Hall–Kier alpha value is -1.55. The minimum atomic E-state index is -0.381. The van der Waals surface area contributed by atoms with Gasteiger partial charge in [-0.05, 0) is 37.9 Å². The first kappa shape index (κ1) is 14.9. The zero-order valence-corrected chi connectivity index (χ0v) is 12.7. The van der Waals surface area contributed by atoms with Gasteiger partial charge in [0.25, 0.3) is 0 Å². The Balaban J connectivity index is 2.18. The van der Waals surface area contributed by atoms with Gasteiger partial charge >= 0.3 is 0 Å². The molecule has 1 aliphatic heterocycles. The Morgan fingerprint density at radius 1 is 1.40 bits per heavy atom. The van der Waals surface area contributed by atoms with Crippen molar-refractivity contribution >= 4 is 17.3 Å². The van der Waals surface area contributed by atoms with Gasteiger partial charge in [0, 0.05) is 14.1 Å². The molecule has 1 saturated heterocycles. The molecule has 0 saturated carbocycles. The molecule has 2 rings (SSSR count). The van der Waals surface area contributed by atoms with Crippen molar-refractivity contribution in [3.05, 3.63) is 24.3 Å². The summed E-state index contributed by atoms with van der Waals surface area (Å²) in [5.74, 6) is 0.103. The van der Waals surface area contributed by atoms with Gasteiger partial charge in [0.2, 0.25) is 5.91 Å². The summed E-state index contributed by atoms with van der Waals surface area (Å²) in [6.45, 7) is 3.06. The Bertz CT molecular complexity index is 465. The summed E-state index contributed by atoms with van der Waals surface area (Å²) in [5, 5.41) is 6.53. The van der Waals surface area contributed by atoms with Gasteiger partial charge in [0.05, 0.1) is 16.9 Å². The lowest BCUT2D eigenvalue weighted by Gasteiger charge is -2.29. The number of hydrogen-bond donors (Lipinski definition) is 2. The number of para-hydroxylation sites is 2. The Morgan fingerprint density at radius 3 is 2.75 bits per heavy atom. The van der Waals surface area contributed by atoms with Gasteiger partial charge in [-0.2, -0.15) is 0 Å². The highest BCUT2D eigenvalue weighted by Crippen LogP contribution is 2.29. The van der Waals surface area contributed by atoms with Gasteiger partial charge in [0.1, 0.15) is 0 Å². The van der Waals surface area contributed by atoms with Gasteiger partial charge in [-0.3, -0.25) is 4.79 Å². The van der Waals surface area contributed by atoms with Crippen molar-refractivity contribution in [3.8, 4) is 0 Å². The largest absolute Gasteiger partial charge is 0.376 e. The van der Waals surface area contributed by atoms with E-state index in [1.807, 2.05) is 43.3 Å². The number of nitrogens with zero attached hydrogens (tertiary/aromatic N) is 1. The van der Waals surface area contributed by atoms with Crippen LogP contribution in [0.4, 0.5) is 11.4 Å². The first-order valence-corrected chi connectivity index (χ1v) is 7.42. The summed E-state index contributed by atoms with van der Waals surface area (Å²) < 4.78 is 0. The van der Waals surface area contributed by atoms with Crippen LogP contribution in [0.15, 0.2) is 24.3 Å². The first-order valence-electron chi connectivity index (χ1n) is 7.42. The molecule has 1 fully saturated rings. The maximum atomic E-state index is 12.7. The highest BCUT2D eigenvalue weighted by atomic mass is 16.2. The van der Waals surface area contributed by atoms with Crippen molar-refractivity contribution in [2.24, 2.45) is 0 Å². The fourth-order valence-corrected chi connectivity index (χ4v) is 2.96. The van der Waals surface area contributed by atoms with Crippen molar-refractivity contribution in [1.82, 2.24) is 5.32 Å². The van der Waals surface area contributed by atoms with E-state index in [0.717, 1.165) is 43.6 Å². The quantitative estimate of drug-likeness (QED) is 0.868. The van der Waals surface area contributed by atoms with Gasteiger partial charge < -0.3 is 15.5 Å². The molecule has 2 N–H and O–H groups in total. The van der Waals surface area contributed by atoms with Crippen LogP contribution in [0.25, 0.3) is 0 Å². The second kappa shape index (κ2) is 6.27. The number of carbonyl (C=O) groups is 1. The van der Waals surface area contributed by atoms with Crippen molar-refractivity contribution in [3.63, 3.8) is 0 Å². The van der Waals surface area contributed by atoms with Gasteiger partial charge in [-0.1, -0.05) is 25.5 Å². The van der Waals surface area contributed by atoms with Gasteiger partial charge in [-0.25, -0.2) is 0 Å². The molecule has 1 aliphatic rings. The molecule has 1 aromatic carbocycles. The zero-order chi connectivity index (χ0) is 14.6. The van der Waals surface area contributed by atoms with Crippen LogP contribution in [0.2, 0.25) is 0 Å². The highest BCUT2D eigenvalue weighted by Gasteiger charge is 2.40. The van der Waals surface area contributed by atoms with E-state index in [9.17, 15) is 4.79 Å². The molecule has 4 heteroatoms. The molecule has 1 aromatic rings. The lowest BCUT2D eigenvalue weighted by atomic mass is 9.90. The van der Waals surface area contributed by atoms with E-state index in [4.69, 9.17) is 0 Å². The average molecular weight is 275 g/mol. The molecule has 0 spiro atoms. The normalized spacial score (nSPS) is 21.8. The van der Waals surface area contributed by atoms with Crippen LogP contribution in [0.1, 0.15) is 32.6 Å². The third-order valence-corrected chi connectivity index (χ3v) is 3.99. The molecule has 20 heavy (non-hydrogen) atoms. The Kier molecular flexibility index (Phi) is 4.65. The molecule has 1 heterocycles. The standard InChI is InChI=1S/C16H25N3O/c1-4-10-16(11-7-12-17-16)15(20)18-13-8-5-6-9-14(13)19(2)3/h5-6,8-9,17H,4,7,10-12H2,1-3H3,(H,18,20). The smallest absolute Gasteiger partial charge is 0.244 e. The molecule has 1 unspecified atom stereocenters. The van der Waals surface area contributed by atoms with Gasteiger partial charge in [0.15, 0.2) is 0 Å². The maximum Gasteiger partial charge on any atom is 0.244 e. The summed E-state index contributed by atoms with van der Waals surface area (Å²) in [6, 6.07) is 7.92. The minimum Gasteiger partial charge on any atom is -0.376 e. The number of rotatable bonds is 5. The molecule has 110 valence electrons. The molecule has 1 amide bonds. The number of benzene rings is 1. The number of nitrogens with one attached hydrogen (secondary N) is 2. The van der Waals surface area contributed by atoms with E-state index in [1.165, 1.54) is 0 Å². The summed E-state index contributed by atoms with van der Waals surface area (Å²) in [5.41, 5.74) is 1.53. The average Bonchev–Trinajstić information content (AvgIpc) is 2.89. The SMILES string of the molecule is CCCC1(C(=O)Nc2ccccc2N(C)C)CCCN1. The molecular weight excluding hydrogens is 250 g/mol. The summed E-state index contributed by atoms with van der Waals surface area (Å²) in [6.07, 6.45) is 3.90. The lowest BCUT2D eigenvalue weighted by Crippen LogP contribution is -2.50. The van der Waals surface area contributed by atoms with Crippen LogP contribution in [-0.4, -0.2) is 32.1 Å². The number of anilines is 2. The topological polar surface area (TPSA) is 44.4 Å². The van der Waals surface area contributed by atoms with E-state index < -0.39 is 0 Å². The number of amides is 1. The molecule has 4 nitrogen and oxygen atoms in total. The number of carbonyl (C=O) groups excluding carboxylic acids is 1. The van der Waals surface area contributed by atoms with Crippen LogP contribution in [0.5, 0.6) is 0 Å². The van der Waals surface area contributed by atoms with Gasteiger partial charge in [-0.15, -0.1) is 0 Å². The fourth-order valence-electron chi connectivity index (χ4n) is 2.96. The van der Waals surface area contributed by atoms with E-state index in [1.54, 1.807) is 0 Å². The van der Waals surface area contributed by atoms with E-state index >= 15 is 0 Å². The summed E-state index contributed by atoms with van der Waals surface area (Å²) in [4.78, 5) is 14.7. The predicted molar refractivity (Wildman–Crippen MR) is 84.3 cm³/mol. The second-order valence-corrected chi connectivity index (χ2v) is 5.73. The van der Waals surface area contributed by atoms with Crippen LogP contribution >= 0.6 is 0 Å². The monoisotopic (exact) mass is 275 g/mol. The van der Waals surface area contributed by atoms with E-state index in [2.05, 4.69) is 17.6 Å². The van der Waals surface area contributed by atoms with Crippen LogP contribution in [0, 0.1) is 0 Å². The summed E-state index contributed by atoms with van der Waals surface area (Å²) >= 11 is 0. The second-order valence-electron chi connectivity index (χ2n) is 5.73. The lowest BCUT2D eigenvalue weighted by molar-refractivity contribution is -0.122. The maximum absolute atomic E-state index is 12.7. The zero-order valence-electron chi connectivity index (χ0n) is 12.7. The van der Waals surface area contributed by atoms with Crippen molar-refractivity contribution in [2.45, 2.75) is 38.1 Å². The molecule has 0 radical (unpaired) electrons. The molecule has 0 aliphatic carbocycles. The molecule has 1 atom stereocenters. The first-order chi connectivity index (χ1) is 9.59. The van der Waals surface area contributed by atoms with Crippen molar-refractivity contribution in [1.29, 1.82) is 0 Å². The Labute approximate surface area is 121 Å². The highest BCUT2D eigenvalue weighted by molar-refractivity contribution is 6.00. The third-order valence-electron chi connectivity index (χ3n) is 3.99. The van der Waals surface area contributed by atoms with E-state index in [0.29, 0.717) is 0 Å². The summed E-state index contributed by atoms with van der Waals surface area (Å²) in [7, 11) is 3.97. The van der Waals surface area contributed by atoms with Crippen LogP contribution in [-0.2, 0) is 4.79 Å². The fraction of sp³-hybridized carbons (Fsp3) is 0.562. The third kappa shape index (κ3) is 2.96. The van der Waals surface area contributed by atoms with Crippen LogP contribution < -0.4 is 15.5 Å². The predicted octanol–water partition coefficient (Wildman–Crippen LogP) is 2.61. The van der Waals surface area contributed by atoms with Crippen molar-refractivity contribution in [2.75, 3.05) is 30.9 Å². The van der Waals surface area contributed by atoms with E-state index in [-0.39, 0.29) is 11.4 Å². The minimum absolute atomic E-state index is 0.103.